The average Bonchev–Trinajstić information content (AvgIpc) is 2.57. The molecule has 0 bridgehead atoms. The van der Waals surface area contributed by atoms with E-state index in [1.54, 1.807) is 26.3 Å². The fourth-order valence-corrected chi connectivity index (χ4v) is 2.73. The van der Waals surface area contributed by atoms with Crippen LogP contribution in [0.3, 0.4) is 0 Å². The maximum Gasteiger partial charge on any atom is 0.411 e. The van der Waals surface area contributed by atoms with Crippen LogP contribution in [0.25, 0.3) is 0 Å². The molecule has 1 aliphatic rings. The van der Waals surface area contributed by atoms with Crippen LogP contribution < -0.4 is 4.99 Å². The number of rotatable bonds is 2. The minimum Gasteiger partial charge on any atom is -0.465 e. The summed E-state index contributed by atoms with van der Waals surface area (Å²) in [6, 6.07) is 0. The summed E-state index contributed by atoms with van der Waals surface area (Å²) in [4.78, 5) is 48.3. The van der Waals surface area contributed by atoms with E-state index in [0.29, 0.717) is 49.5 Å². The van der Waals surface area contributed by atoms with Crippen molar-refractivity contribution in [3.8, 4) is 0 Å². The van der Waals surface area contributed by atoms with Gasteiger partial charge in [-0.2, -0.15) is 0 Å². The Kier molecular flexibility index (Phi) is 9.25. The lowest BCUT2D eigenvalue weighted by Gasteiger charge is -2.20. The second kappa shape index (κ2) is 11.2. The molecule has 1 rings (SSSR count). The van der Waals surface area contributed by atoms with Crippen molar-refractivity contribution in [3.05, 3.63) is 11.3 Å². The van der Waals surface area contributed by atoms with Crippen LogP contribution >= 0.6 is 0 Å². The van der Waals surface area contributed by atoms with Crippen LogP contribution in [-0.4, -0.2) is 72.0 Å². The summed E-state index contributed by atoms with van der Waals surface area (Å²) in [6.45, 7) is 8.04. The van der Waals surface area contributed by atoms with Gasteiger partial charge in [0, 0.05) is 43.7 Å². The topological polar surface area (TPSA) is 113 Å². The molecule has 1 heterocycles. The number of carbonyl (C=O) groups excluding carboxylic acids is 2. The van der Waals surface area contributed by atoms with Crippen molar-refractivity contribution < 1.29 is 24.5 Å². The molecule has 0 aromatic heterocycles. The second-order valence-corrected chi connectivity index (χ2v) is 6.46. The standard InChI is InChI=1S/C19H28N4O4/c1-13-17(15(3)24)11-20-7-5-8-21-12-18(16(4)25)14(2)23(19(26)27)10-6-9-22-13/h11-12,17H,5-10H2,1-4H3,(H,26,27)/p+1. The van der Waals surface area contributed by atoms with Gasteiger partial charge in [0.15, 0.2) is 12.0 Å². The molecule has 0 saturated carbocycles. The first-order valence-corrected chi connectivity index (χ1v) is 9.06. The smallest absolute Gasteiger partial charge is 0.411 e. The molecule has 0 spiro atoms. The Morgan fingerprint density at radius 3 is 2.48 bits per heavy atom. The first kappa shape index (κ1) is 22.4. The molecular weight excluding hydrogens is 348 g/mol. The molecule has 0 aliphatic carbocycles. The van der Waals surface area contributed by atoms with Crippen molar-refractivity contribution >= 4 is 35.8 Å². The van der Waals surface area contributed by atoms with Gasteiger partial charge in [-0.1, -0.05) is 0 Å². The van der Waals surface area contributed by atoms with Gasteiger partial charge in [-0.05, 0) is 34.1 Å². The largest absolute Gasteiger partial charge is 0.465 e. The van der Waals surface area contributed by atoms with Crippen molar-refractivity contribution in [1.29, 1.82) is 0 Å². The van der Waals surface area contributed by atoms with E-state index >= 15 is 0 Å². The molecule has 0 aromatic carbocycles. The molecule has 27 heavy (non-hydrogen) atoms. The van der Waals surface area contributed by atoms with Crippen molar-refractivity contribution in [2.24, 2.45) is 15.9 Å². The van der Waals surface area contributed by atoms with Gasteiger partial charge in [0.05, 0.1) is 11.5 Å². The number of hydrogen-bond donors (Lipinski definition) is 2. The average molecular weight is 377 g/mol. The lowest BCUT2D eigenvalue weighted by Crippen LogP contribution is -2.69. The second-order valence-electron chi connectivity index (χ2n) is 6.46. The van der Waals surface area contributed by atoms with Crippen LogP contribution in [0.15, 0.2) is 21.3 Å². The van der Waals surface area contributed by atoms with Crippen LogP contribution in [0, 0.1) is 5.92 Å². The molecule has 0 saturated heterocycles. The van der Waals surface area contributed by atoms with Crippen LogP contribution in [0.1, 0.15) is 40.5 Å². The fraction of sp³-hybridized carbons (Fsp3) is 0.579. The Morgan fingerprint density at radius 2 is 1.89 bits per heavy atom. The first-order valence-electron chi connectivity index (χ1n) is 9.06. The molecule has 2 N–H and O–H groups in total. The predicted molar refractivity (Wildman–Crippen MR) is 105 cm³/mol. The Morgan fingerprint density at radius 1 is 1.19 bits per heavy atom. The monoisotopic (exact) mass is 377 g/mol. The van der Waals surface area contributed by atoms with Gasteiger partial charge in [0.2, 0.25) is 0 Å². The highest BCUT2D eigenvalue weighted by atomic mass is 16.4. The normalized spacial score (nSPS) is 20.4. The number of aliphatic imine (C=N–C) groups is 2. The molecule has 0 radical (unpaired) electrons. The number of nitrogens with zero attached hydrogens (tertiary/aromatic N) is 3. The van der Waals surface area contributed by atoms with Crippen LogP contribution in [0.4, 0.5) is 4.79 Å². The number of nitrogens with one attached hydrogen (secondary N) is 1. The summed E-state index contributed by atoms with van der Waals surface area (Å²) in [6.07, 6.45) is 3.26. The third-order valence-electron chi connectivity index (χ3n) is 4.30. The van der Waals surface area contributed by atoms with Gasteiger partial charge >= 0.3 is 6.09 Å². The molecule has 1 unspecified atom stereocenters. The number of Topliss-reactive ketones (excluding diaryl/α,β-unsaturated/α-hetero) is 2. The van der Waals surface area contributed by atoms with Gasteiger partial charge < -0.3 is 5.11 Å². The van der Waals surface area contributed by atoms with E-state index < -0.39 is 12.0 Å². The number of hydrogen-bond acceptors (Lipinski definition) is 5. The van der Waals surface area contributed by atoms with Crippen LogP contribution in [0.2, 0.25) is 0 Å². The van der Waals surface area contributed by atoms with E-state index in [4.69, 9.17) is 0 Å². The third kappa shape index (κ3) is 7.24. The van der Waals surface area contributed by atoms with Crippen molar-refractivity contribution in [3.63, 3.8) is 0 Å². The van der Waals surface area contributed by atoms with E-state index in [9.17, 15) is 19.5 Å². The third-order valence-corrected chi connectivity index (χ3v) is 4.30. The van der Waals surface area contributed by atoms with Crippen molar-refractivity contribution in [2.75, 3.05) is 26.2 Å². The van der Waals surface area contributed by atoms with E-state index in [1.807, 2.05) is 0 Å². The summed E-state index contributed by atoms with van der Waals surface area (Å²) in [5.74, 6) is -0.674. The Bertz CT molecular complexity index is 692. The predicted octanol–water partition coefficient (Wildman–Crippen LogP) is 0.512. The number of amides is 1. The molecule has 8 heteroatoms. The van der Waals surface area contributed by atoms with Gasteiger partial charge in [0.1, 0.15) is 12.3 Å². The minimum absolute atomic E-state index is 0.0235. The highest BCUT2D eigenvalue weighted by molar-refractivity contribution is 6.15. The Hall–Kier alpha value is -2.64. The van der Waals surface area contributed by atoms with Gasteiger partial charge in [-0.3, -0.25) is 24.5 Å². The molecule has 1 amide bonds. The van der Waals surface area contributed by atoms with E-state index in [2.05, 4.69) is 15.0 Å². The van der Waals surface area contributed by atoms with Crippen LogP contribution in [-0.2, 0) is 9.59 Å². The zero-order valence-electron chi connectivity index (χ0n) is 16.5. The van der Waals surface area contributed by atoms with Crippen molar-refractivity contribution in [1.82, 2.24) is 4.90 Å². The van der Waals surface area contributed by atoms with Gasteiger partial charge in [0.25, 0.3) is 0 Å². The molecule has 0 fully saturated rings. The summed E-state index contributed by atoms with van der Waals surface area (Å²) in [5, 5.41) is 9.51. The van der Waals surface area contributed by atoms with E-state index in [-0.39, 0.29) is 18.1 Å². The summed E-state index contributed by atoms with van der Waals surface area (Å²) in [7, 11) is 0. The van der Waals surface area contributed by atoms with Gasteiger partial charge in [-0.15, -0.1) is 0 Å². The summed E-state index contributed by atoms with van der Waals surface area (Å²) >= 11 is 0. The number of carbonyl (C=O) groups is 3. The molecule has 148 valence electrons. The summed E-state index contributed by atoms with van der Waals surface area (Å²) in [5.41, 5.74) is 1.39. The zero-order chi connectivity index (χ0) is 20.4. The Balaban J connectivity index is 3.15. The maximum absolute atomic E-state index is 11.9. The molecule has 0 aromatic rings. The fourth-order valence-electron chi connectivity index (χ4n) is 2.73. The zero-order valence-corrected chi connectivity index (χ0v) is 16.5. The number of ketones is 2. The molecule has 1 aliphatic heterocycles. The quantitative estimate of drug-likeness (QED) is 0.730. The van der Waals surface area contributed by atoms with E-state index in [0.717, 1.165) is 4.90 Å². The lowest BCUT2D eigenvalue weighted by atomic mass is 10.0. The Labute approximate surface area is 159 Å². The lowest BCUT2D eigenvalue weighted by molar-refractivity contribution is -0.451. The SMILES string of the molecule is CC(=O)C1=C(C)N(C(=O)O)CCCN=C(C)C(C(C)=O)C=NCCC[NH+]=C1. The first-order chi connectivity index (χ1) is 12.8. The van der Waals surface area contributed by atoms with Gasteiger partial charge in [-0.25, -0.2) is 9.79 Å². The van der Waals surface area contributed by atoms with Crippen LogP contribution in [0.5, 0.6) is 0 Å². The number of allylic oxidation sites excluding steroid dienone is 2. The number of carboxylic acid groups (broad SMARTS) is 1. The maximum atomic E-state index is 11.9. The molecular formula is C19H29N4O4+. The minimum atomic E-state index is -1.12. The van der Waals surface area contributed by atoms with Crippen molar-refractivity contribution in [2.45, 2.75) is 40.5 Å². The summed E-state index contributed by atoms with van der Waals surface area (Å²) < 4.78 is 0. The highest BCUT2D eigenvalue weighted by Gasteiger charge is 2.20. The van der Waals surface area contributed by atoms with E-state index in [1.165, 1.54) is 13.8 Å². The highest BCUT2D eigenvalue weighted by Crippen LogP contribution is 2.11. The molecule has 1 atom stereocenters. The molecule has 8 nitrogen and oxygen atoms in total.